The third kappa shape index (κ3) is 11.9. The summed E-state index contributed by atoms with van der Waals surface area (Å²) in [5, 5.41) is 12.8. The maximum atomic E-state index is 13.3. The quantitative estimate of drug-likeness (QED) is 0.0657. The molecule has 9 rings (SSSR count). The molecule has 9 aromatic rings. The minimum absolute atomic E-state index is 0.00683. The Balaban J connectivity index is 0.745. The zero-order valence-corrected chi connectivity index (χ0v) is 41.2. The van der Waals surface area contributed by atoms with Crippen molar-refractivity contribution in [3.05, 3.63) is 206 Å². The molecule has 4 N–H and O–H groups in total. The minimum atomic E-state index is -4.60. The summed E-state index contributed by atoms with van der Waals surface area (Å²) < 4.78 is 127. The van der Waals surface area contributed by atoms with Crippen LogP contribution in [0.25, 0.3) is 21.5 Å². The van der Waals surface area contributed by atoms with Crippen molar-refractivity contribution in [1.82, 2.24) is 0 Å². The number of hydrogen-bond acceptors (Lipinski definition) is 14. The summed E-state index contributed by atoms with van der Waals surface area (Å²) >= 11 is 0. The van der Waals surface area contributed by atoms with E-state index in [9.17, 15) is 43.3 Å². The van der Waals surface area contributed by atoms with E-state index in [4.69, 9.17) is 16.7 Å². The summed E-state index contributed by atoms with van der Waals surface area (Å²) in [5.74, 6) is -0.286. The van der Waals surface area contributed by atoms with Crippen LogP contribution in [0.2, 0.25) is 0 Å². The van der Waals surface area contributed by atoms with Gasteiger partial charge in [-0.1, -0.05) is 78.9 Å². The van der Waals surface area contributed by atoms with Crippen molar-refractivity contribution in [2.45, 2.75) is 19.6 Å². The first-order valence-corrected chi connectivity index (χ1v) is 27.4. The molecule has 374 valence electrons. The first kappa shape index (κ1) is 50.0. The lowest BCUT2D eigenvalue weighted by Gasteiger charge is -2.12. The number of benzene rings is 9. The molecule has 22 heteroatoms. The van der Waals surface area contributed by atoms with Crippen LogP contribution in [0.3, 0.4) is 0 Å². The smallest absolute Gasteiger partial charge is 0.339 e. The third-order valence-corrected chi connectivity index (χ3v) is 15.8. The molecule has 0 unspecified atom stereocenters. The van der Waals surface area contributed by atoms with Crippen molar-refractivity contribution in [3.63, 3.8) is 0 Å². The van der Waals surface area contributed by atoms with Gasteiger partial charge in [-0.3, -0.25) is 0 Å². The second-order valence-corrected chi connectivity index (χ2v) is 22.0. The SMILES string of the molecule is O=C(Nc1ccc(OS(=O)(=O)c2cccc(S(=O)(=O)Oc3ccc(NC(=O)Nc4ccc(OS(=O)(=O)c5cccc6ccccc56)cc4)cc3)c2)cc1)Nc1ccc(OS(=O)(=O)c2cccc3ccccc23)cc1. The van der Waals surface area contributed by atoms with Crippen LogP contribution in [0.5, 0.6) is 23.0 Å². The molecule has 0 aliphatic rings. The van der Waals surface area contributed by atoms with Gasteiger partial charge in [-0.05, 0) is 138 Å². The number of nitrogens with one attached hydrogen (secondary N) is 4. The number of urea groups is 2. The van der Waals surface area contributed by atoms with Crippen LogP contribution in [0.1, 0.15) is 0 Å². The number of amides is 4. The summed E-state index contributed by atoms with van der Waals surface area (Å²) in [7, 11) is -17.6. The molecule has 74 heavy (non-hydrogen) atoms. The van der Waals surface area contributed by atoms with Gasteiger partial charge in [0.15, 0.2) is 0 Å². The van der Waals surface area contributed by atoms with Gasteiger partial charge in [0.1, 0.15) is 42.6 Å². The number of carbonyl (C=O) groups excluding carboxylic acids is 2. The van der Waals surface area contributed by atoms with Crippen LogP contribution in [0.15, 0.2) is 226 Å². The Kier molecular flexibility index (Phi) is 13.9. The van der Waals surface area contributed by atoms with Crippen LogP contribution in [0, 0.1) is 0 Å². The predicted molar refractivity (Wildman–Crippen MR) is 277 cm³/mol. The lowest BCUT2D eigenvalue weighted by atomic mass is 10.1. The van der Waals surface area contributed by atoms with Crippen LogP contribution in [-0.4, -0.2) is 45.7 Å². The van der Waals surface area contributed by atoms with Crippen molar-refractivity contribution in [2.24, 2.45) is 0 Å². The molecule has 0 bridgehead atoms. The molecule has 0 heterocycles. The molecular formula is C52H38N4O14S4. The Morgan fingerprint density at radius 3 is 0.892 bits per heavy atom. The zero-order chi connectivity index (χ0) is 52.1. The Labute approximate surface area is 424 Å². The molecule has 0 aliphatic heterocycles. The van der Waals surface area contributed by atoms with E-state index in [0.717, 1.165) is 29.0 Å². The van der Waals surface area contributed by atoms with Gasteiger partial charge in [0.25, 0.3) is 0 Å². The molecule has 0 spiro atoms. The summed E-state index contributed by atoms with van der Waals surface area (Å²) in [5.41, 5.74) is 1.09. The molecule has 0 atom stereocenters. The standard InChI is InChI=1S/C52H38N4O14S4/c57-51(55-39-22-30-43(31-23-39)69-73(63,64)49-16-5-10-35-8-1-3-14-47(35)49)53-37-18-26-41(27-19-37)67-71(59,60)45-12-7-13-46(34-45)72(61,62)68-42-28-20-38(21-29-42)54-52(58)56-40-24-32-44(33-25-40)70-74(65,66)50-17-6-11-36-9-2-4-15-48(36)50/h1-34H,(H2,53,55,57)(H2,54,56,58). The highest BCUT2D eigenvalue weighted by molar-refractivity contribution is 7.88. The van der Waals surface area contributed by atoms with E-state index >= 15 is 0 Å². The Bertz CT molecular complexity index is 3780. The van der Waals surface area contributed by atoms with Gasteiger partial charge in [0.2, 0.25) is 0 Å². The highest BCUT2D eigenvalue weighted by Gasteiger charge is 2.24. The van der Waals surface area contributed by atoms with Crippen molar-refractivity contribution in [1.29, 1.82) is 0 Å². The van der Waals surface area contributed by atoms with Crippen LogP contribution >= 0.6 is 0 Å². The molecule has 0 saturated carbocycles. The van der Waals surface area contributed by atoms with Gasteiger partial charge in [0, 0.05) is 33.5 Å². The Morgan fingerprint density at radius 1 is 0.297 bits per heavy atom. The number of rotatable bonds is 16. The van der Waals surface area contributed by atoms with Crippen LogP contribution in [-0.2, 0) is 40.5 Å². The lowest BCUT2D eigenvalue weighted by molar-refractivity contribution is 0.261. The fraction of sp³-hybridized carbons (Fsp3) is 0. The topological polar surface area (TPSA) is 256 Å². The molecule has 18 nitrogen and oxygen atoms in total. The summed E-state index contributed by atoms with van der Waals surface area (Å²) in [6.45, 7) is 0. The fourth-order valence-electron chi connectivity index (χ4n) is 7.27. The van der Waals surface area contributed by atoms with E-state index in [0.29, 0.717) is 22.1 Å². The van der Waals surface area contributed by atoms with E-state index in [1.165, 1.54) is 115 Å². The fourth-order valence-corrected chi connectivity index (χ4v) is 11.6. The Hall–Kier alpha value is -8.96. The normalized spacial score (nSPS) is 11.8. The zero-order valence-electron chi connectivity index (χ0n) is 38.0. The monoisotopic (exact) mass is 1070 g/mol. The average molecular weight is 1070 g/mol. The maximum Gasteiger partial charge on any atom is 0.339 e. The molecule has 0 saturated heterocycles. The van der Waals surface area contributed by atoms with E-state index in [-0.39, 0.29) is 44.2 Å². The van der Waals surface area contributed by atoms with Crippen LogP contribution in [0.4, 0.5) is 32.3 Å². The van der Waals surface area contributed by atoms with E-state index < -0.39 is 62.3 Å². The number of hydrogen-bond donors (Lipinski definition) is 4. The van der Waals surface area contributed by atoms with Gasteiger partial charge in [-0.25, -0.2) is 9.59 Å². The van der Waals surface area contributed by atoms with E-state index in [1.54, 1.807) is 72.8 Å². The first-order valence-electron chi connectivity index (χ1n) is 21.8. The molecule has 0 aliphatic carbocycles. The molecule has 0 radical (unpaired) electrons. The third-order valence-electron chi connectivity index (χ3n) is 10.7. The highest BCUT2D eigenvalue weighted by Crippen LogP contribution is 2.30. The molecule has 9 aromatic carbocycles. The summed E-state index contributed by atoms with van der Waals surface area (Å²) in [6, 6.07) is 48.4. The van der Waals surface area contributed by atoms with Crippen molar-refractivity contribution in [2.75, 3.05) is 21.3 Å². The second kappa shape index (κ2) is 20.6. The highest BCUT2D eigenvalue weighted by atomic mass is 32.2. The number of carbonyl (C=O) groups is 2. The molecular weight excluding hydrogens is 1030 g/mol. The maximum absolute atomic E-state index is 13.3. The predicted octanol–water partition coefficient (Wildman–Crippen LogP) is 10.4. The largest absolute Gasteiger partial charge is 0.379 e. The number of fused-ring (bicyclic) bond motifs is 2. The lowest BCUT2D eigenvalue weighted by Crippen LogP contribution is -2.19. The van der Waals surface area contributed by atoms with Crippen molar-refractivity contribution < 1.29 is 60.0 Å². The molecule has 0 fully saturated rings. The van der Waals surface area contributed by atoms with Gasteiger partial charge in [-0.15, -0.1) is 0 Å². The molecule has 4 amide bonds. The second-order valence-electron chi connectivity index (χ2n) is 15.8. The van der Waals surface area contributed by atoms with Crippen molar-refractivity contribution in [3.8, 4) is 23.0 Å². The van der Waals surface area contributed by atoms with E-state index in [1.807, 2.05) is 0 Å². The van der Waals surface area contributed by atoms with Crippen molar-refractivity contribution >= 4 is 96.8 Å². The first-order chi connectivity index (χ1) is 35.4. The summed E-state index contributed by atoms with van der Waals surface area (Å²) in [4.78, 5) is 24.5. The van der Waals surface area contributed by atoms with Gasteiger partial charge < -0.3 is 38.0 Å². The molecule has 0 aromatic heterocycles. The van der Waals surface area contributed by atoms with Gasteiger partial charge in [-0.2, -0.15) is 33.7 Å². The van der Waals surface area contributed by atoms with E-state index in [2.05, 4.69) is 21.3 Å². The Morgan fingerprint density at radius 2 is 0.568 bits per heavy atom. The van der Waals surface area contributed by atoms with Gasteiger partial charge >= 0.3 is 52.5 Å². The summed E-state index contributed by atoms with van der Waals surface area (Å²) in [6.07, 6.45) is 0. The minimum Gasteiger partial charge on any atom is -0.379 e. The number of anilines is 4. The average Bonchev–Trinajstić information content (AvgIpc) is 3.38. The van der Waals surface area contributed by atoms with Crippen LogP contribution < -0.4 is 38.0 Å². The van der Waals surface area contributed by atoms with Gasteiger partial charge in [0.05, 0.1) is 0 Å².